The summed E-state index contributed by atoms with van der Waals surface area (Å²) in [6.07, 6.45) is 0.558. The van der Waals surface area contributed by atoms with E-state index in [2.05, 4.69) is 20.5 Å². The topological polar surface area (TPSA) is 129 Å². The molecule has 2 N–H and O–H groups in total. The van der Waals surface area contributed by atoms with Gasteiger partial charge in [-0.05, 0) is 31.2 Å². The summed E-state index contributed by atoms with van der Waals surface area (Å²) in [5, 5.41) is 23.2. The van der Waals surface area contributed by atoms with Gasteiger partial charge in [0, 0.05) is 30.0 Å². The van der Waals surface area contributed by atoms with Crippen molar-refractivity contribution in [2.75, 3.05) is 27.4 Å². The maximum atomic E-state index is 13.1. The predicted octanol–water partition coefficient (Wildman–Crippen LogP) is 2.49. The molecule has 1 fully saturated rings. The van der Waals surface area contributed by atoms with E-state index < -0.39 is 29.9 Å². The fourth-order valence-electron chi connectivity index (χ4n) is 4.32. The van der Waals surface area contributed by atoms with E-state index in [0.717, 1.165) is 0 Å². The summed E-state index contributed by atoms with van der Waals surface area (Å²) >= 11 is 5.89. The van der Waals surface area contributed by atoms with Crippen LogP contribution in [0.15, 0.2) is 40.9 Å². The van der Waals surface area contributed by atoms with Gasteiger partial charge in [0.25, 0.3) is 0 Å². The third-order valence-electron chi connectivity index (χ3n) is 5.92. The van der Waals surface area contributed by atoms with Crippen LogP contribution in [0.3, 0.4) is 0 Å². The van der Waals surface area contributed by atoms with Gasteiger partial charge >= 0.3 is 0 Å². The maximum Gasteiger partial charge on any atom is 0.235 e. The van der Waals surface area contributed by atoms with Crippen LogP contribution in [0.2, 0.25) is 5.02 Å². The molecule has 10 nitrogen and oxygen atoms in total. The highest BCUT2D eigenvalue weighted by Crippen LogP contribution is 2.44. The summed E-state index contributed by atoms with van der Waals surface area (Å²) < 4.78 is 22.6. The molecule has 4 rings (SSSR count). The average Bonchev–Trinajstić information content (AvgIpc) is 3.31. The molecule has 0 saturated carbocycles. The Kier molecular flexibility index (Phi) is 7.84. The molecule has 4 unspecified atom stereocenters. The van der Waals surface area contributed by atoms with Crippen molar-refractivity contribution in [3.8, 4) is 11.5 Å². The number of piperidine rings is 1. The van der Waals surface area contributed by atoms with Crippen LogP contribution in [0.1, 0.15) is 41.8 Å². The van der Waals surface area contributed by atoms with Gasteiger partial charge in [0.1, 0.15) is 17.4 Å². The number of rotatable bonds is 9. The lowest BCUT2D eigenvalue weighted by atomic mass is 9.76. The molecular formula is C24H27ClN4O6. The Morgan fingerprint density at radius 3 is 2.51 bits per heavy atom. The van der Waals surface area contributed by atoms with Crippen molar-refractivity contribution in [1.29, 1.82) is 0 Å². The molecule has 186 valence electrons. The second-order valence-corrected chi connectivity index (χ2v) is 8.46. The average molecular weight is 503 g/mol. The van der Waals surface area contributed by atoms with Crippen molar-refractivity contribution in [3.05, 3.63) is 64.6 Å². The van der Waals surface area contributed by atoms with E-state index in [4.69, 9.17) is 30.2 Å². The molecule has 3 heterocycles. The zero-order chi connectivity index (χ0) is 24.9. The fraction of sp³-hybridized carbons (Fsp3) is 0.417. The van der Waals surface area contributed by atoms with Crippen LogP contribution >= 0.6 is 11.6 Å². The molecule has 1 amide bonds. The Morgan fingerprint density at radius 2 is 1.89 bits per heavy atom. The minimum absolute atomic E-state index is 0.00712. The van der Waals surface area contributed by atoms with Crippen LogP contribution in [-0.4, -0.2) is 65.8 Å². The SMILES string of the molecule is CCOCC1NC(=O)C(c2nnc(Cc3ccc(Cl)cn3)o2)C(O)C1c1c(OC)cccc1OC. The lowest BCUT2D eigenvalue weighted by Crippen LogP contribution is -2.56. The molecule has 0 radical (unpaired) electrons. The Labute approximate surface area is 207 Å². The Balaban J connectivity index is 1.68. The number of methoxy groups -OCH3 is 2. The first-order chi connectivity index (χ1) is 17.0. The van der Waals surface area contributed by atoms with Crippen molar-refractivity contribution in [2.45, 2.75) is 37.3 Å². The first-order valence-electron chi connectivity index (χ1n) is 11.2. The summed E-state index contributed by atoms with van der Waals surface area (Å²) in [6.45, 7) is 2.50. The normalized spacial score (nSPS) is 22.0. The van der Waals surface area contributed by atoms with Gasteiger partial charge in [0.2, 0.25) is 17.7 Å². The van der Waals surface area contributed by atoms with E-state index in [9.17, 15) is 9.90 Å². The summed E-state index contributed by atoms with van der Waals surface area (Å²) in [7, 11) is 3.08. The molecule has 1 aliphatic heterocycles. The summed E-state index contributed by atoms with van der Waals surface area (Å²) in [5.74, 6) is -0.872. The summed E-state index contributed by atoms with van der Waals surface area (Å²) in [4.78, 5) is 17.3. The van der Waals surface area contributed by atoms with Crippen LogP contribution in [0.4, 0.5) is 0 Å². The van der Waals surface area contributed by atoms with E-state index in [1.54, 1.807) is 30.3 Å². The third-order valence-corrected chi connectivity index (χ3v) is 6.15. The lowest BCUT2D eigenvalue weighted by Gasteiger charge is -2.40. The van der Waals surface area contributed by atoms with E-state index in [-0.39, 0.29) is 24.8 Å². The number of nitrogens with one attached hydrogen (secondary N) is 1. The number of nitrogens with zero attached hydrogens (tertiary/aromatic N) is 3. The molecule has 4 atom stereocenters. The number of aliphatic hydroxyl groups is 1. The number of aliphatic hydroxyl groups excluding tert-OH is 1. The van der Waals surface area contributed by atoms with E-state index in [1.807, 2.05) is 6.92 Å². The molecule has 1 saturated heterocycles. The van der Waals surface area contributed by atoms with Crippen molar-refractivity contribution < 1.29 is 28.5 Å². The van der Waals surface area contributed by atoms with Gasteiger partial charge < -0.3 is 29.1 Å². The Hall–Kier alpha value is -3.21. The van der Waals surface area contributed by atoms with Gasteiger partial charge in [0.15, 0.2) is 0 Å². The number of hydrogen-bond acceptors (Lipinski definition) is 9. The minimum Gasteiger partial charge on any atom is -0.496 e. The number of carbonyl (C=O) groups excluding carboxylic acids is 1. The van der Waals surface area contributed by atoms with Crippen molar-refractivity contribution in [1.82, 2.24) is 20.5 Å². The number of aromatic nitrogens is 3. The molecule has 2 aromatic heterocycles. The van der Waals surface area contributed by atoms with Crippen LogP contribution in [0.5, 0.6) is 11.5 Å². The zero-order valence-corrected chi connectivity index (χ0v) is 20.4. The van der Waals surface area contributed by atoms with Crippen LogP contribution in [0, 0.1) is 0 Å². The van der Waals surface area contributed by atoms with Crippen LogP contribution in [-0.2, 0) is 16.0 Å². The molecule has 3 aromatic rings. The number of ether oxygens (including phenoxy) is 3. The molecular weight excluding hydrogens is 476 g/mol. The van der Waals surface area contributed by atoms with E-state index in [1.165, 1.54) is 20.4 Å². The third kappa shape index (κ3) is 5.24. The van der Waals surface area contributed by atoms with Crippen molar-refractivity contribution in [2.24, 2.45) is 0 Å². The monoisotopic (exact) mass is 502 g/mol. The van der Waals surface area contributed by atoms with Crippen molar-refractivity contribution >= 4 is 17.5 Å². The van der Waals surface area contributed by atoms with Gasteiger partial charge in [-0.3, -0.25) is 9.78 Å². The number of benzene rings is 1. The van der Waals surface area contributed by atoms with Gasteiger partial charge in [-0.2, -0.15) is 0 Å². The smallest absolute Gasteiger partial charge is 0.235 e. The van der Waals surface area contributed by atoms with Gasteiger partial charge in [0.05, 0.1) is 44.4 Å². The number of halogens is 1. The number of pyridine rings is 1. The number of amides is 1. The molecule has 11 heteroatoms. The quantitative estimate of drug-likeness (QED) is 0.453. The highest BCUT2D eigenvalue weighted by molar-refractivity contribution is 6.30. The van der Waals surface area contributed by atoms with Crippen molar-refractivity contribution in [3.63, 3.8) is 0 Å². The molecule has 1 aliphatic rings. The first-order valence-corrected chi connectivity index (χ1v) is 11.5. The second-order valence-electron chi connectivity index (χ2n) is 8.02. The molecule has 1 aromatic carbocycles. The Bertz CT molecular complexity index is 1130. The molecule has 0 spiro atoms. The minimum atomic E-state index is -1.22. The Morgan fingerprint density at radius 1 is 1.14 bits per heavy atom. The standard InChI is InChI=1S/C24H27ClN4O6/c1-4-34-12-15-19(20-16(32-2)6-5-7-17(20)33-3)22(30)21(23(31)27-15)24-29-28-18(35-24)10-14-9-8-13(25)11-26-14/h5-9,11,15,19,21-22,30H,4,10,12H2,1-3H3,(H,27,31). The summed E-state index contributed by atoms with van der Waals surface area (Å²) in [6, 6.07) is 8.26. The van der Waals surface area contributed by atoms with Gasteiger partial charge in [-0.1, -0.05) is 17.7 Å². The fourth-order valence-corrected chi connectivity index (χ4v) is 4.43. The van der Waals surface area contributed by atoms with E-state index in [0.29, 0.717) is 34.4 Å². The van der Waals surface area contributed by atoms with Gasteiger partial charge in [-0.25, -0.2) is 0 Å². The van der Waals surface area contributed by atoms with Crippen LogP contribution in [0.25, 0.3) is 0 Å². The molecule has 0 aliphatic carbocycles. The zero-order valence-electron chi connectivity index (χ0n) is 19.6. The highest BCUT2D eigenvalue weighted by atomic mass is 35.5. The summed E-state index contributed by atoms with van der Waals surface area (Å²) in [5.41, 5.74) is 1.29. The number of carbonyl (C=O) groups is 1. The predicted molar refractivity (Wildman–Crippen MR) is 126 cm³/mol. The first kappa shape index (κ1) is 24.9. The lowest BCUT2D eigenvalue weighted by molar-refractivity contribution is -0.132. The largest absolute Gasteiger partial charge is 0.496 e. The second kappa shape index (κ2) is 11.0. The van der Waals surface area contributed by atoms with Gasteiger partial charge in [-0.15, -0.1) is 10.2 Å². The maximum absolute atomic E-state index is 13.1. The molecule has 35 heavy (non-hydrogen) atoms. The number of hydrogen-bond donors (Lipinski definition) is 2. The van der Waals surface area contributed by atoms with E-state index >= 15 is 0 Å². The molecule has 0 bridgehead atoms. The van der Waals surface area contributed by atoms with Crippen LogP contribution < -0.4 is 14.8 Å². The highest BCUT2D eigenvalue weighted by Gasteiger charge is 2.49.